The molecule has 0 spiro atoms. The van der Waals surface area contributed by atoms with E-state index in [0.717, 1.165) is 18.2 Å². The highest BCUT2D eigenvalue weighted by molar-refractivity contribution is 7.92. The van der Waals surface area contributed by atoms with E-state index in [-0.39, 0.29) is 10.6 Å². The summed E-state index contributed by atoms with van der Waals surface area (Å²) in [4.78, 5) is 9.67. The second-order valence-corrected chi connectivity index (χ2v) is 5.89. The Kier molecular flexibility index (Phi) is 4.27. The Labute approximate surface area is 125 Å². The normalized spacial score (nSPS) is 11.0. The van der Waals surface area contributed by atoms with Crippen LogP contribution in [0.15, 0.2) is 47.4 Å². The van der Waals surface area contributed by atoms with Crippen LogP contribution in [0, 0.1) is 15.9 Å². The summed E-state index contributed by atoms with van der Waals surface area (Å²) in [6, 6.07) is 8.30. The highest BCUT2D eigenvalue weighted by Crippen LogP contribution is 2.24. The summed E-state index contributed by atoms with van der Waals surface area (Å²) in [6.45, 7) is 0. The molecular weight excluding hydrogens is 315 g/mol. The van der Waals surface area contributed by atoms with Crippen molar-refractivity contribution in [3.05, 3.63) is 58.4 Å². The second-order valence-electron chi connectivity index (χ2n) is 4.20. The number of benzene rings is 2. The summed E-state index contributed by atoms with van der Waals surface area (Å²) in [5.41, 5.74) is -0.918. The van der Waals surface area contributed by atoms with Crippen molar-refractivity contribution in [2.45, 2.75) is 4.90 Å². The van der Waals surface area contributed by atoms with E-state index in [4.69, 9.17) is 4.74 Å². The molecule has 9 heteroatoms. The van der Waals surface area contributed by atoms with E-state index in [0.29, 0.717) is 5.75 Å². The van der Waals surface area contributed by atoms with Gasteiger partial charge in [-0.15, -0.1) is 0 Å². The fourth-order valence-electron chi connectivity index (χ4n) is 1.69. The van der Waals surface area contributed by atoms with Crippen LogP contribution in [0.1, 0.15) is 0 Å². The number of anilines is 1. The molecule has 0 aliphatic rings. The first-order valence-electron chi connectivity index (χ1n) is 5.94. The van der Waals surface area contributed by atoms with Crippen LogP contribution >= 0.6 is 0 Å². The van der Waals surface area contributed by atoms with Crippen molar-refractivity contribution in [1.29, 1.82) is 0 Å². The maximum atomic E-state index is 13.2. The molecule has 0 unspecified atom stereocenters. The van der Waals surface area contributed by atoms with Gasteiger partial charge in [-0.3, -0.25) is 14.8 Å². The summed E-state index contributed by atoms with van der Waals surface area (Å²) in [6.07, 6.45) is 0. The number of sulfonamides is 1. The Balaban J connectivity index is 2.32. The summed E-state index contributed by atoms with van der Waals surface area (Å²) in [5.74, 6) is -0.561. The van der Waals surface area contributed by atoms with Crippen LogP contribution in [0.4, 0.5) is 15.8 Å². The van der Waals surface area contributed by atoms with Crippen LogP contribution in [0.5, 0.6) is 5.75 Å². The average Bonchev–Trinajstić information content (AvgIpc) is 2.48. The predicted molar refractivity (Wildman–Crippen MR) is 76.9 cm³/mol. The first-order valence-corrected chi connectivity index (χ1v) is 7.42. The van der Waals surface area contributed by atoms with E-state index >= 15 is 0 Å². The van der Waals surface area contributed by atoms with Gasteiger partial charge in [0.05, 0.1) is 22.6 Å². The number of methoxy groups -OCH3 is 1. The van der Waals surface area contributed by atoms with Gasteiger partial charge in [-0.2, -0.15) is 4.39 Å². The smallest absolute Gasteiger partial charge is 0.306 e. The van der Waals surface area contributed by atoms with Crippen LogP contribution in [0.3, 0.4) is 0 Å². The van der Waals surface area contributed by atoms with Crippen LogP contribution in [0.2, 0.25) is 0 Å². The van der Waals surface area contributed by atoms with Gasteiger partial charge in [0.1, 0.15) is 5.75 Å². The van der Waals surface area contributed by atoms with E-state index in [1.54, 1.807) is 0 Å². The summed E-state index contributed by atoms with van der Waals surface area (Å²) < 4.78 is 44.6. The zero-order chi connectivity index (χ0) is 16.3. The number of nitrogens with zero attached hydrogens (tertiary/aromatic N) is 1. The monoisotopic (exact) mass is 326 g/mol. The Morgan fingerprint density at radius 3 is 2.36 bits per heavy atom. The first kappa shape index (κ1) is 15.7. The summed E-state index contributed by atoms with van der Waals surface area (Å²) in [7, 11) is -2.50. The van der Waals surface area contributed by atoms with Gasteiger partial charge in [-0.05, 0) is 36.4 Å². The van der Waals surface area contributed by atoms with E-state index in [1.807, 2.05) is 0 Å². The Hall–Kier alpha value is -2.68. The Bertz CT molecular complexity index is 806. The van der Waals surface area contributed by atoms with Gasteiger partial charge in [-0.1, -0.05) is 0 Å². The molecule has 0 saturated heterocycles. The fourth-order valence-corrected chi connectivity index (χ4v) is 2.73. The molecule has 116 valence electrons. The molecule has 2 aromatic rings. The topological polar surface area (TPSA) is 98.5 Å². The molecule has 7 nitrogen and oxygen atoms in total. The molecule has 0 saturated carbocycles. The average molecular weight is 326 g/mol. The lowest BCUT2D eigenvalue weighted by atomic mass is 10.3. The summed E-state index contributed by atoms with van der Waals surface area (Å²) >= 11 is 0. The lowest BCUT2D eigenvalue weighted by Gasteiger charge is -2.08. The molecule has 0 aromatic heterocycles. The van der Waals surface area contributed by atoms with Crippen molar-refractivity contribution in [3.63, 3.8) is 0 Å². The zero-order valence-electron chi connectivity index (χ0n) is 11.3. The van der Waals surface area contributed by atoms with Crippen LogP contribution in [-0.2, 0) is 10.0 Å². The number of hydrogen-bond acceptors (Lipinski definition) is 5. The van der Waals surface area contributed by atoms with Gasteiger partial charge < -0.3 is 4.74 Å². The van der Waals surface area contributed by atoms with Crippen LogP contribution in [-0.4, -0.2) is 20.5 Å². The minimum atomic E-state index is -3.94. The predicted octanol–water partition coefficient (Wildman–Crippen LogP) is 2.54. The quantitative estimate of drug-likeness (QED) is 0.672. The SMILES string of the molecule is COc1ccc(S(=O)(=O)Nc2ccc(F)c([N+](=O)[O-])c2)cc1. The molecule has 2 aromatic carbocycles. The van der Waals surface area contributed by atoms with Gasteiger partial charge in [-0.25, -0.2) is 8.42 Å². The molecule has 0 heterocycles. The van der Waals surface area contributed by atoms with E-state index < -0.39 is 26.5 Å². The first-order chi connectivity index (χ1) is 10.3. The van der Waals surface area contributed by atoms with Crippen molar-refractivity contribution in [2.75, 3.05) is 11.8 Å². The summed E-state index contributed by atoms with van der Waals surface area (Å²) in [5, 5.41) is 10.7. The van der Waals surface area contributed by atoms with Crippen LogP contribution < -0.4 is 9.46 Å². The van der Waals surface area contributed by atoms with Crippen molar-refractivity contribution >= 4 is 21.4 Å². The molecule has 0 radical (unpaired) electrons. The number of rotatable bonds is 5. The Morgan fingerprint density at radius 1 is 1.18 bits per heavy atom. The zero-order valence-corrected chi connectivity index (χ0v) is 12.1. The number of nitro benzene ring substituents is 1. The molecule has 0 atom stereocenters. The fraction of sp³-hybridized carbons (Fsp3) is 0.0769. The van der Waals surface area contributed by atoms with E-state index in [1.165, 1.54) is 31.4 Å². The largest absolute Gasteiger partial charge is 0.497 e. The minimum absolute atomic E-state index is 0.0553. The van der Waals surface area contributed by atoms with Gasteiger partial charge in [0.15, 0.2) is 0 Å². The molecule has 2 rings (SSSR count). The van der Waals surface area contributed by atoms with Gasteiger partial charge in [0, 0.05) is 6.07 Å². The molecule has 0 aliphatic heterocycles. The van der Waals surface area contributed by atoms with E-state index in [9.17, 15) is 22.9 Å². The van der Waals surface area contributed by atoms with Gasteiger partial charge >= 0.3 is 5.69 Å². The number of nitro groups is 1. The molecule has 1 N–H and O–H groups in total. The third kappa shape index (κ3) is 3.31. The third-order valence-corrected chi connectivity index (χ3v) is 4.16. The highest BCUT2D eigenvalue weighted by Gasteiger charge is 2.18. The highest BCUT2D eigenvalue weighted by atomic mass is 32.2. The van der Waals surface area contributed by atoms with E-state index in [2.05, 4.69) is 4.72 Å². The molecule has 22 heavy (non-hydrogen) atoms. The maximum Gasteiger partial charge on any atom is 0.306 e. The molecule has 0 bridgehead atoms. The number of halogens is 1. The maximum absolute atomic E-state index is 13.2. The molecular formula is C13H11FN2O5S. The van der Waals surface area contributed by atoms with Crippen molar-refractivity contribution in [2.24, 2.45) is 0 Å². The van der Waals surface area contributed by atoms with Crippen molar-refractivity contribution in [3.8, 4) is 5.75 Å². The van der Waals surface area contributed by atoms with Crippen molar-refractivity contribution in [1.82, 2.24) is 0 Å². The lowest BCUT2D eigenvalue weighted by molar-refractivity contribution is -0.387. The standard InChI is InChI=1S/C13H11FN2O5S/c1-21-10-3-5-11(6-4-10)22(19,20)15-9-2-7-12(14)13(8-9)16(17)18/h2-8,15H,1H3. The number of nitrogens with one attached hydrogen (secondary N) is 1. The Morgan fingerprint density at radius 2 is 1.82 bits per heavy atom. The molecule has 0 aliphatic carbocycles. The minimum Gasteiger partial charge on any atom is -0.497 e. The number of hydrogen-bond donors (Lipinski definition) is 1. The molecule has 0 fully saturated rings. The second kappa shape index (κ2) is 5.98. The third-order valence-electron chi connectivity index (χ3n) is 2.76. The van der Waals surface area contributed by atoms with Gasteiger partial charge in [0.2, 0.25) is 5.82 Å². The lowest BCUT2D eigenvalue weighted by Crippen LogP contribution is -2.13. The number of ether oxygens (including phenoxy) is 1. The van der Waals surface area contributed by atoms with Crippen molar-refractivity contribution < 1.29 is 22.5 Å². The molecule has 0 amide bonds. The van der Waals surface area contributed by atoms with Gasteiger partial charge in [0.25, 0.3) is 10.0 Å². The van der Waals surface area contributed by atoms with Crippen LogP contribution in [0.25, 0.3) is 0 Å².